The molecular weight excluding hydrogens is 388 g/mol. The number of hydrogen-bond donors (Lipinski definition) is 1. The van der Waals surface area contributed by atoms with E-state index >= 15 is 0 Å². The summed E-state index contributed by atoms with van der Waals surface area (Å²) in [6, 6.07) is 9.81. The maximum absolute atomic E-state index is 12.5. The molecule has 0 aromatic heterocycles. The average Bonchev–Trinajstić information content (AvgIpc) is 3.01. The molecule has 8 nitrogen and oxygen atoms in total. The molecule has 30 heavy (non-hydrogen) atoms. The first-order valence-corrected chi connectivity index (χ1v) is 9.45. The van der Waals surface area contributed by atoms with Gasteiger partial charge in [0.1, 0.15) is 0 Å². The van der Waals surface area contributed by atoms with Crippen molar-refractivity contribution in [2.75, 3.05) is 27.9 Å². The molecule has 3 rings (SSSR count). The number of carbonyl (C=O) groups excluding carboxylic acids is 3. The van der Waals surface area contributed by atoms with Crippen LogP contribution in [0.4, 0.5) is 0 Å². The average molecular weight is 412 g/mol. The molecule has 1 N–H and O–H groups in total. The number of imide groups is 1. The largest absolute Gasteiger partial charge is 0.493 e. The fourth-order valence-corrected chi connectivity index (χ4v) is 3.40. The minimum absolute atomic E-state index is 0.000231. The first kappa shape index (κ1) is 21.2. The molecule has 0 bridgehead atoms. The van der Waals surface area contributed by atoms with Gasteiger partial charge in [-0.15, -0.1) is 0 Å². The molecule has 158 valence electrons. The number of nitrogens with one attached hydrogen (secondary N) is 1. The molecule has 3 amide bonds. The zero-order valence-electron chi connectivity index (χ0n) is 17.4. The Morgan fingerprint density at radius 3 is 1.97 bits per heavy atom. The van der Waals surface area contributed by atoms with Crippen molar-refractivity contribution in [3.05, 3.63) is 53.1 Å². The zero-order chi connectivity index (χ0) is 21.8. The van der Waals surface area contributed by atoms with Gasteiger partial charge in [0.2, 0.25) is 11.7 Å². The van der Waals surface area contributed by atoms with E-state index in [2.05, 4.69) is 5.32 Å². The Labute approximate surface area is 174 Å². The second-order valence-electron chi connectivity index (χ2n) is 6.81. The third kappa shape index (κ3) is 3.94. The number of hydrogen-bond acceptors (Lipinski definition) is 6. The van der Waals surface area contributed by atoms with Crippen LogP contribution < -0.4 is 19.5 Å². The Bertz CT molecular complexity index is 927. The van der Waals surface area contributed by atoms with Gasteiger partial charge in [0.15, 0.2) is 11.5 Å². The van der Waals surface area contributed by atoms with E-state index in [1.165, 1.54) is 21.3 Å². The van der Waals surface area contributed by atoms with Gasteiger partial charge >= 0.3 is 0 Å². The minimum Gasteiger partial charge on any atom is -0.493 e. The molecule has 0 saturated heterocycles. The third-order valence-electron chi connectivity index (χ3n) is 5.01. The number of rotatable bonds is 8. The summed E-state index contributed by atoms with van der Waals surface area (Å²) in [7, 11) is 4.56. The molecule has 0 radical (unpaired) electrons. The van der Waals surface area contributed by atoms with E-state index in [0.717, 1.165) is 10.5 Å². The number of carbonyl (C=O) groups is 3. The Hall–Kier alpha value is -3.55. The van der Waals surface area contributed by atoms with E-state index in [1.807, 2.05) is 6.92 Å². The fourth-order valence-electron chi connectivity index (χ4n) is 3.40. The number of nitrogens with zero attached hydrogens (tertiary/aromatic N) is 1. The van der Waals surface area contributed by atoms with Crippen molar-refractivity contribution >= 4 is 17.7 Å². The lowest BCUT2D eigenvalue weighted by molar-refractivity contribution is -0.121. The molecule has 1 aliphatic rings. The van der Waals surface area contributed by atoms with Crippen LogP contribution in [0.3, 0.4) is 0 Å². The fraction of sp³-hybridized carbons (Fsp3) is 0.318. The van der Waals surface area contributed by atoms with Crippen LogP contribution in [0.1, 0.15) is 45.7 Å². The molecule has 0 unspecified atom stereocenters. The molecule has 0 fully saturated rings. The maximum Gasteiger partial charge on any atom is 0.261 e. The molecule has 1 atom stereocenters. The van der Waals surface area contributed by atoms with E-state index < -0.39 is 0 Å². The highest BCUT2D eigenvalue weighted by atomic mass is 16.5. The van der Waals surface area contributed by atoms with Gasteiger partial charge in [0.25, 0.3) is 11.8 Å². The third-order valence-corrected chi connectivity index (χ3v) is 5.01. The molecule has 1 aliphatic heterocycles. The Morgan fingerprint density at radius 2 is 1.50 bits per heavy atom. The number of methoxy groups -OCH3 is 3. The van der Waals surface area contributed by atoms with Crippen molar-refractivity contribution in [1.29, 1.82) is 0 Å². The first-order valence-electron chi connectivity index (χ1n) is 9.45. The number of fused-ring (bicyclic) bond motifs is 1. The molecule has 0 aliphatic carbocycles. The van der Waals surface area contributed by atoms with Gasteiger partial charge in [0, 0.05) is 13.0 Å². The lowest BCUT2D eigenvalue weighted by atomic mass is 10.1. The summed E-state index contributed by atoms with van der Waals surface area (Å²) in [5.74, 6) is 0.404. The van der Waals surface area contributed by atoms with Crippen molar-refractivity contribution in [3.63, 3.8) is 0 Å². The summed E-state index contributed by atoms with van der Waals surface area (Å²) in [6.07, 6.45) is 0.000231. The highest BCUT2D eigenvalue weighted by Gasteiger charge is 2.35. The van der Waals surface area contributed by atoms with Crippen molar-refractivity contribution < 1.29 is 28.6 Å². The van der Waals surface area contributed by atoms with E-state index in [1.54, 1.807) is 36.4 Å². The van der Waals surface area contributed by atoms with Crippen molar-refractivity contribution in [2.24, 2.45) is 0 Å². The van der Waals surface area contributed by atoms with Crippen molar-refractivity contribution in [2.45, 2.75) is 19.4 Å². The van der Waals surface area contributed by atoms with Crippen LogP contribution in [-0.4, -0.2) is 50.5 Å². The highest BCUT2D eigenvalue weighted by Crippen LogP contribution is 2.39. The second-order valence-corrected chi connectivity index (χ2v) is 6.81. The maximum atomic E-state index is 12.5. The summed E-state index contributed by atoms with van der Waals surface area (Å²) in [6.45, 7) is 1.83. The van der Waals surface area contributed by atoms with E-state index in [0.29, 0.717) is 28.4 Å². The summed E-state index contributed by atoms with van der Waals surface area (Å²) >= 11 is 0. The van der Waals surface area contributed by atoms with Gasteiger partial charge in [-0.2, -0.15) is 0 Å². The number of ether oxygens (including phenoxy) is 3. The normalized spacial score (nSPS) is 13.7. The van der Waals surface area contributed by atoms with Gasteiger partial charge in [-0.25, -0.2) is 0 Å². The van der Waals surface area contributed by atoms with Gasteiger partial charge in [-0.1, -0.05) is 12.1 Å². The molecule has 8 heteroatoms. The van der Waals surface area contributed by atoms with Gasteiger partial charge in [-0.05, 0) is 36.8 Å². The van der Waals surface area contributed by atoms with Crippen LogP contribution in [0.2, 0.25) is 0 Å². The van der Waals surface area contributed by atoms with Gasteiger partial charge in [-0.3, -0.25) is 19.3 Å². The summed E-state index contributed by atoms with van der Waals surface area (Å²) in [5, 5.41) is 2.87. The zero-order valence-corrected chi connectivity index (χ0v) is 17.4. The van der Waals surface area contributed by atoms with Crippen LogP contribution >= 0.6 is 0 Å². The lowest BCUT2D eigenvalue weighted by Crippen LogP contribution is -2.35. The lowest BCUT2D eigenvalue weighted by Gasteiger charge is -2.19. The van der Waals surface area contributed by atoms with E-state index in [-0.39, 0.29) is 36.7 Å². The van der Waals surface area contributed by atoms with Crippen LogP contribution in [-0.2, 0) is 4.79 Å². The summed E-state index contributed by atoms with van der Waals surface area (Å²) in [4.78, 5) is 38.4. The van der Waals surface area contributed by atoms with E-state index in [9.17, 15) is 14.4 Å². The van der Waals surface area contributed by atoms with Crippen molar-refractivity contribution in [3.8, 4) is 17.2 Å². The predicted molar refractivity (Wildman–Crippen MR) is 109 cm³/mol. The molecule has 2 aromatic rings. The molecule has 2 aromatic carbocycles. The highest BCUT2D eigenvalue weighted by molar-refractivity contribution is 6.21. The Kier molecular flexibility index (Phi) is 6.25. The SMILES string of the molecule is COc1cc([C@H](C)NC(=O)CCN2C(=O)c3ccccc3C2=O)cc(OC)c1OC. The summed E-state index contributed by atoms with van der Waals surface area (Å²) in [5.41, 5.74) is 1.50. The molecule has 0 spiro atoms. The Balaban J connectivity index is 1.65. The van der Waals surface area contributed by atoms with Crippen LogP contribution in [0.5, 0.6) is 17.2 Å². The minimum atomic E-state index is -0.374. The topological polar surface area (TPSA) is 94.2 Å². The van der Waals surface area contributed by atoms with E-state index in [4.69, 9.17) is 14.2 Å². The van der Waals surface area contributed by atoms with Gasteiger partial charge < -0.3 is 19.5 Å². The molecule has 0 saturated carbocycles. The Morgan fingerprint density at radius 1 is 0.967 bits per heavy atom. The van der Waals surface area contributed by atoms with Crippen LogP contribution in [0.15, 0.2) is 36.4 Å². The monoisotopic (exact) mass is 412 g/mol. The number of amides is 3. The van der Waals surface area contributed by atoms with Crippen LogP contribution in [0.25, 0.3) is 0 Å². The van der Waals surface area contributed by atoms with Gasteiger partial charge in [0.05, 0.1) is 38.5 Å². The van der Waals surface area contributed by atoms with Crippen LogP contribution in [0, 0.1) is 0 Å². The first-order chi connectivity index (χ1) is 14.4. The smallest absolute Gasteiger partial charge is 0.261 e. The van der Waals surface area contributed by atoms with Crippen molar-refractivity contribution in [1.82, 2.24) is 10.2 Å². The molecule has 1 heterocycles. The quantitative estimate of drug-likeness (QED) is 0.670. The number of benzene rings is 2. The second kappa shape index (κ2) is 8.86. The standard InChI is InChI=1S/C22H24N2O6/c1-13(14-11-17(28-2)20(30-4)18(12-14)29-3)23-19(25)9-10-24-21(26)15-7-5-6-8-16(15)22(24)27/h5-8,11-13H,9-10H2,1-4H3,(H,23,25)/t13-/m0/s1. The molecular formula is C22H24N2O6. The predicted octanol–water partition coefficient (Wildman–Crippen LogP) is 2.58. The summed E-state index contributed by atoms with van der Waals surface area (Å²) < 4.78 is 16.0.